The fourth-order valence-corrected chi connectivity index (χ4v) is 2.51. The number of hydrogen-bond donors (Lipinski definition) is 0. The summed E-state index contributed by atoms with van der Waals surface area (Å²) in [5, 5.41) is 8.72. The van der Waals surface area contributed by atoms with E-state index in [0.29, 0.717) is 17.7 Å². The Bertz CT molecular complexity index is 468. The summed E-state index contributed by atoms with van der Waals surface area (Å²) in [6.45, 7) is 5.14. The lowest BCUT2D eigenvalue weighted by Crippen LogP contribution is -2.39. The third-order valence-electron chi connectivity index (χ3n) is 3.44. The van der Waals surface area contributed by atoms with Gasteiger partial charge in [0, 0.05) is 25.3 Å². The molecule has 0 bridgehead atoms. The minimum Gasteiger partial charge on any atom is -0.377 e. The second-order valence-corrected chi connectivity index (χ2v) is 4.87. The maximum absolute atomic E-state index is 13.8. The molecule has 4 heteroatoms. The summed E-state index contributed by atoms with van der Waals surface area (Å²) in [6.07, 6.45) is 2.43. The zero-order chi connectivity index (χ0) is 13.7. The third-order valence-corrected chi connectivity index (χ3v) is 3.44. The molecule has 1 fully saturated rings. The molecule has 0 spiro atoms. The standard InChI is InChI=1S/C15H19FN2O/c1-2-19-14-4-3-7-18(11-14)10-13-6-5-12(9-17)8-15(13)16/h5-6,8,14H,2-4,7,10-11H2,1H3. The predicted molar refractivity (Wildman–Crippen MR) is 71.0 cm³/mol. The summed E-state index contributed by atoms with van der Waals surface area (Å²) in [7, 11) is 0. The van der Waals surface area contributed by atoms with Gasteiger partial charge in [0.2, 0.25) is 0 Å². The van der Waals surface area contributed by atoms with Gasteiger partial charge in [0.15, 0.2) is 0 Å². The van der Waals surface area contributed by atoms with Gasteiger partial charge in [-0.25, -0.2) is 4.39 Å². The second-order valence-electron chi connectivity index (χ2n) is 4.87. The number of hydrogen-bond acceptors (Lipinski definition) is 3. The molecule has 0 amide bonds. The van der Waals surface area contributed by atoms with Crippen molar-refractivity contribution in [1.82, 2.24) is 4.90 Å². The minimum atomic E-state index is -0.294. The first-order valence-corrected chi connectivity index (χ1v) is 6.75. The van der Waals surface area contributed by atoms with E-state index in [1.165, 1.54) is 6.07 Å². The van der Waals surface area contributed by atoms with Crippen LogP contribution in [0.3, 0.4) is 0 Å². The largest absolute Gasteiger partial charge is 0.377 e. The van der Waals surface area contributed by atoms with Crippen LogP contribution in [-0.4, -0.2) is 30.7 Å². The van der Waals surface area contributed by atoms with Crippen LogP contribution in [0.2, 0.25) is 0 Å². The minimum absolute atomic E-state index is 0.264. The van der Waals surface area contributed by atoms with E-state index >= 15 is 0 Å². The van der Waals surface area contributed by atoms with E-state index in [0.717, 1.165) is 32.5 Å². The molecule has 0 aromatic heterocycles. The maximum atomic E-state index is 13.8. The molecule has 1 aliphatic heterocycles. The Balaban J connectivity index is 1.99. The van der Waals surface area contributed by atoms with Crippen LogP contribution in [0, 0.1) is 17.1 Å². The van der Waals surface area contributed by atoms with Gasteiger partial charge >= 0.3 is 0 Å². The molecule has 2 rings (SSSR count). The molecule has 1 heterocycles. The molecule has 19 heavy (non-hydrogen) atoms. The summed E-state index contributed by atoms with van der Waals surface area (Å²) in [5.41, 5.74) is 1.02. The Kier molecular flexibility index (Phi) is 4.89. The van der Waals surface area contributed by atoms with Crippen LogP contribution in [0.15, 0.2) is 18.2 Å². The molecule has 102 valence electrons. The number of ether oxygens (including phenoxy) is 1. The van der Waals surface area contributed by atoms with Gasteiger partial charge < -0.3 is 4.74 Å². The first-order chi connectivity index (χ1) is 9.22. The lowest BCUT2D eigenvalue weighted by atomic mass is 10.1. The quantitative estimate of drug-likeness (QED) is 0.837. The molecule has 0 N–H and O–H groups in total. The summed E-state index contributed by atoms with van der Waals surface area (Å²) in [5.74, 6) is -0.294. The van der Waals surface area contributed by atoms with Crippen molar-refractivity contribution in [3.8, 4) is 6.07 Å². The summed E-state index contributed by atoms with van der Waals surface area (Å²) in [4.78, 5) is 2.22. The highest BCUT2D eigenvalue weighted by atomic mass is 19.1. The van der Waals surface area contributed by atoms with Crippen LogP contribution < -0.4 is 0 Å². The Morgan fingerprint density at radius 2 is 2.37 bits per heavy atom. The molecule has 1 aromatic carbocycles. The zero-order valence-electron chi connectivity index (χ0n) is 11.2. The van der Waals surface area contributed by atoms with Crippen LogP contribution in [0.5, 0.6) is 0 Å². The smallest absolute Gasteiger partial charge is 0.129 e. The molecule has 1 aliphatic rings. The molecule has 1 saturated heterocycles. The molecule has 0 saturated carbocycles. The van der Waals surface area contributed by atoms with Crippen molar-refractivity contribution in [2.45, 2.75) is 32.4 Å². The van der Waals surface area contributed by atoms with Crippen molar-refractivity contribution in [2.24, 2.45) is 0 Å². The average molecular weight is 262 g/mol. The molecule has 1 aromatic rings. The number of rotatable bonds is 4. The fraction of sp³-hybridized carbons (Fsp3) is 0.533. The molecular formula is C15H19FN2O. The molecule has 0 aliphatic carbocycles. The van der Waals surface area contributed by atoms with Gasteiger partial charge in [-0.2, -0.15) is 5.26 Å². The number of piperidine rings is 1. The van der Waals surface area contributed by atoms with E-state index < -0.39 is 0 Å². The average Bonchev–Trinajstić information content (AvgIpc) is 2.42. The van der Waals surface area contributed by atoms with E-state index in [-0.39, 0.29) is 11.9 Å². The lowest BCUT2D eigenvalue weighted by Gasteiger charge is -2.32. The number of benzene rings is 1. The third kappa shape index (κ3) is 3.76. The zero-order valence-corrected chi connectivity index (χ0v) is 11.2. The Hall–Kier alpha value is -1.44. The lowest BCUT2D eigenvalue weighted by molar-refractivity contribution is 0.00337. The fourth-order valence-electron chi connectivity index (χ4n) is 2.51. The van der Waals surface area contributed by atoms with E-state index in [9.17, 15) is 4.39 Å². The van der Waals surface area contributed by atoms with Gasteiger partial charge in [-0.05, 0) is 38.4 Å². The highest BCUT2D eigenvalue weighted by Gasteiger charge is 2.20. The van der Waals surface area contributed by atoms with Crippen LogP contribution in [-0.2, 0) is 11.3 Å². The molecule has 1 unspecified atom stereocenters. The number of nitrogens with zero attached hydrogens (tertiary/aromatic N) is 2. The van der Waals surface area contributed by atoms with E-state index in [1.54, 1.807) is 12.1 Å². The molecule has 0 radical (unpaired) electrons. The van der Waals surface area contributed by atoms with Gasteiger partial charge in [-0.15, -0.1) is 0 Å². The highest BCUT2D eigenvalue weighted by Crippen LogP contribution is 2.18. The van der Waals surface area contributed by atoms with Gasteiger partial charge in [0.25, 0.3) is 0 Å². The van der Waals surface area contributed by atoms with Crippen LogP contribution in [0.4, 0.5) is 4.39 Å². The van der Waals surface area contributed by atoms with Gasteiger partial charge in [0.05, 0.1) is 17.7 Å². The normalized spacial score (nSPS) is 20.2. The first kappa shape index (κ1) is 14.0. The first-order valence-electron chi connectivity index (χ1n) is 6.75. The summed E-state index contributed by atoms with van der Waals surface area (Å²) in [6, 6.07) is 6.63. The molecular weight excluding hydrogens is 243 g/mol. The SMILES string of the molecule is CCOC1CCCN(Cc2ccc(C#N)cc2F)C1. The van der Waals surface area contributed by atoms with Crippen molar-refractivity contribution >= 4 is 0 Å². The van der Waals surface area contributed by atoms with Gasteiger partial charge in [0.1, 0.15) is 5.82 Å². The van der Waals surface area contributed by atoms with E-state index in [4.69, 9.17) is 10.00 Å². The predicted octanol–water partition coefficient (Wildman–Crippen LogP) is 2.70. The number of nitriles is 1. The Labute approximate surface area is 113 Å². The van der Waals surface area contributed by atoms with Crippen LogP contribution >= 0.6 is 0 Å². The van der Waals surface area contributed by atoms with Crippen molar-refractivity contribution in [3.63, 3.8) is 0 Å². The maximum Gasteiger partial charge on any atom is 0.129 e. The Morgan fingerprint density at radius 1 is 1.53 bits per heavy atom. The monoisotopic (exact) mass is 262 g/mol. The van der Waals surface area contributed by atoms with E-state index in [1.807, 2.05) is 13.0 Å². The van der Waals surface area contributed by atoms with Crippen molar-refractivity contribution in [3.05, 3.63) is 35.1 Å². The van der Waals surface area contributed by atoms with Crippen molar-refractivity contribution in [1.29, 1.82) is 5.26 Å². The summed E-state index contributed by atoms with van der Waals surface area (Å²) < 4.78 is 19.5. The Morgan fingerprint density at radius 3 is 3.05 bits per heavy atom. The second kappa shape index (κ2) is 6.65. The van der Waals surface area contributed by atoms with E-state index in [2.05, 4.69) is 4.90 Å². The van der Waals surface area contributed by atoms with Gasteiger partial charge in [-0.3, -0.25) is 4.90 Å². The van der Waals surface area contributed by atoms with Crippen LogP contribution in [0.25, 0.3) is 0 Å². The summed E-state index contributed by atoms with van der Waals surface area (Å²) >= 11 is 0. The van der Waals surface area contributed by atoms with Crippen molar-refractivity contribution < 1.29 is 9.13 Å². The number of likely N-dealkylation sites (tertiary alicyclic amines) is 1. The number of halogens is 1. The highest BCUT2D eigenvalue weighted by molar-refractivity contribution is 5.32. The van der Waals surface area contributed by atoms with Crippen molar-refractivity contribution in [2.75, 3.05) is 19.7 Å². The molecule has 1 atom stereocenters. The van der Waals surface area contributed by atoms with Crippen LogP contribution in [0.1, 0.15) is 30.9 Å². The topological polar surface area (TPSA) is 36.3 Å². The molecule has 3 nitrogen and oxygen atoms in total. The van der Waals surface area contributed by atoms with Gasteiger partial charge in [-0.1, -0.05) is 6.07 Å².